The second-order valence-electron chi connectivity index (χ2n) is 5.18. The number of esters is 4. The fraction of sp³-hybridized carbons (Fsp3) is 0.500. The Labute approximate surface area is 122 Å². The van der Waals surface area contributed by atoms with Crippen molar-refractivity contribution in [2.75, 3.05) is 0 Å². The van der Waals surface area contributed by atoms with Gasteiger partial charge in [0, 0.05) is 0 Å². The van der Waals surface area contributed by atoms with Crippen LogP contribution in [-0.2, 0) is 38.2 Å². The number of ether oxygens (including phenoxy) is 2. The van der Waals surface area contributed by atoms with Crippen LogP contribution in [0.5, 0.6) is 0 Å². The van der Waals surface area contributed by atoms with Crippen LogP contribution in [0.2, 0.25) is 0 Å². The second-order valence-corrected chi connectivity index (χ2v) is 5.18. The summed E-state index contributed by atoms with van der Waals surface area (Å²) < 4.78 is 8.68. The quantitative estimate of drug-likeness (QED) is 0.409. The molecule has 4 atom stereocenters. The van der Waals surface area contributed by atoms with Crippen LogP contribution in [0.15, 0.2) is 0 Å². The van der Waals surface area contributed by atoms with E-state index in [9.17, 15) is 28.8 Å². The van der Waals surface area contributed by atoms with Crippen LogP contribution >= 0.6 is 0 Å². The first-order valence-electron chi connectivity index (χ1n) is 6.46. The van der Waals surface area contributed by atoms with Gasteiger partial charge in [-0.05, 0) is 0 Å². The molecule has 0 bridgehead atoms. The molecule has 10 heteroatoms. The molecular weight excluding hydrogens is 300 g/mol. The van der Waals surface area contributed by atoms with E-state index in [1.54, 1.807) is 0 Å². The van der Waals surface area contributed by atoms with Gasteiger partial charge < -0.3 is 20.1 Å². The van der Waals surface area contributed by atoms with Crippen LogP contribution in [-0.4, -0.2) is 47.8 Å². The average molecular weight is 310 g/mol. The maximum atomic E-state index is 12.1. The Hall–Kier alpha value is -2.78. The minimum Gasteiger partial charge on any atom is -0.393 e. The molecule has 3 fully saturated rings. The van der Waals surface area contributed by atoms with E-state index in [-0.39, 0.29) is 12.8 Å². The van der Waals surface area contributed by atoms with Gasteiger partial charge in [-0.25, -0.2) is 0 Å². The Morgan fingerprint density at radius 3 is 1.32 bits per heavy atom. The fourth-order valence-electron chi connectivity index (χ4n) is 2.68. The first-order chi connectivity index (χ1) is 10.4. The second kappa shape index (κ2) is 4.90. The molecule has 0 radical (unpaired) electrons. The zero-order chi connectivity index (χ0) is 16.0. The number of hydrogen-bond acceptors (Lipinski definition) is 8. The Bertz CT molecular complexity index is 573. The van der Waals surface area contributed by atoms with Gasteiger partial charge in [0.15, 0.2) is 0 Å². The molecule has 4 unspecified atom stereocenters. The SMILES string of the molecule is O=C1CC(C2NC(=O)C(C3CC(=O)OC3=O)NC2=O)C(=O)O1. The fourth-order valence-corrected chi connectivity index (χ4v) is 2.68. The first kappa shape index (κ1) is 14.2. The molecule has 0 aromatic carbocycles. The monoisotopic (exact) mass is 310 g/mol. The minimum absolute atomic E-state index is 0.314. The maximum Gasteiger partial charge on any atom is 0.319 e. The van der Waals surface area contributed by atoms with Crippen molar-refractivity contribution in [3.8, 4) is 0 Å². The summed E-state index contributed by atoms with van der Waals surface area (Å²) in [4.78, 5) is 69.2. The number of rotatable bonds is 2. The van der Waals surface area contributed by atoms with Gasteiger partial charge >= 0.3 is 23.9 Å². The summed E-state index contributed by atoms with van der Waals surface area (Å²) in [5.41, 5.74) is 0. The zero-order valence-electron chi connectivity index (χ0n) is 11.0. The lowest BCUT2D eigenvalue weighted by molar-refractivity contribution is -0.157. The smallest absolute Gasteiger partial charge is 0.319 e. The molecule has 22 heavy (non-hydrogen) atoms. The highest BCUT2D eigenvalue weighted by Crippen LogP contribution is 2.25. The van der Waals surface area contributed by atoms with Crippen LogP contribution in [0.1, 0.15) is 12.8 Å². The molecule has 0 aromatic heterocycles. The number of nitrogens with one attached hydrogen (secondary N) is 2. The number of carbonyl (C=O) groups excluding carboxylic acids is 6. The summed E-state index contributed by atoms with van der Waals surface area (Å²) in [6.45, 7) is 0. The average Bonchev–Trinajstić information content (AvgIpc) is 2.93. The van der Waals surface area contributed by atoms with E-state index >= 15 is 0 Å². The third-order valence-electron chi connectivity index (χ3n) is 3.77. The molecule has 3 aliphatic rings. The van der Waals surface area contributed by atoms with E-state index in [4.69, 9.17) is 0 Å². The number of hydrogen-bond donors (Lipinski definition) is 2. The number of amides is 2. The van der Waals surface area contributed by atoms with E-state index in [1.165, 1.54) is 0 Å². The van der Waals surface area contributed by atoms with Crippen LogP contribution in [0.4, 0.5) is 0 Å². The molecule has 2 amide bonds. The largest absolute Gasteiger partial charge is 0.393 e. The lowest BCUT2D eigenvalue weighted by Gasteiger charge is -2.32. The van der Waals surface area contributed by atoms with Crippen molar-refractivity contribution < 1.29 is 38.2 Å². The molecule has 3 rings (SSSR count). The van der Waals surface area contributed by atoms with E-state index in [2.05, 4.69) is 20.1 Å². The Morgan fingerprint density at radius 1 is 0.682 bits per heavy atom. The first-order valence-corrected chi connectivity index (χ1v) is 6.46. The van der Waals surface area contributed by atoms with E-state index < -0.39 is 59.6 Å². The molecule has 0 saturated carbocycles. The highest BCUT2D eigenvalue weighted by Gasteiger charge is 2.51. The Balaban J connectivity index is 1.75. The molecule has 116 valence electrons. The molecule has 10 nitrogen and oxygen atoms in total. The van der Waals surface area contributed by atoms with Gasteiger partial charge in [-0.1, -0.05) is 0 Å². The predicted octanol–water partition coefficient (Wildman–Crippen LogP) is -2.85. The third-order valence-corrected chi connectivity index (χ3v) is 3.77. The maximum absolute atomic E-state index is 12.1. The van der Waals surface area contributed by atoms with Crippen LogP contribution < -0.4 is 10.6 Å². The van der Waals surface area contributed by atoms with Gasteiger partial charge in [0.25, 0.3) is 0 Å². The van der Waals surface area contributed by atoms with E-state index in [1.807, 2.05) is 0 Å². The van der Waals surface area contributed by atoms with Crippen LogP contribution in [0.25, 0.3) is 0 Å². The Kier molecular flexibility index (Phi) is 3.15. The summed E-state index contributed by atoms with van der Waals surface area (Å²) in [7, 11) is 0. The van der Waals surface area contributed by atoms with E-state index in [0.717, 1.165) is 0 Å². The summed E-state index contributed by atoms with van der Waals surface area (Å²) in [6, 6.07) is -2.51. The molecule has 0 aliphatic carbocycles. The van der Waals surface area contributed by atoms with Gasteiger partial charge in [-0.2, -0.15) is 0 Å². The van der Waals surface area contributed by atoms with Crippen molar-refractivity contribution in [3.63, 3.8) is 0 Å². The molecule has 0 spiro atoms. The summed E-state index contributed by atoms with van der Waals surface area (Å²) in [6.07, 6.45) is -0.627. The van der Waals surface area contributed by atoms with Crippen molar-refractivity contribution in [1.82, 2.24) is 10.6 Å². The van der Waals surface area contributed by atoms with Gasteiger partial charge in [-0.15, -0.1) is 0 Å². The lowest BCUT2D eigenvalue weighted by Crippen LogP contribution is -2.66. The summed E-state index contributed by atoms with van der Waals surface area (Å²) in [5.74, 6) is -6.99. The van der Waals surface area contributed by atoms with Crippen molar-refractivity contribution in [2.45, 2.75) is 24.9 Å². The molecular formula is C12H10N2O8. The highest BCUT2D eigenvalue weighted by molar-refractivity contribution is 6.06. The number of cyclic esters (lactones) is 4. The highest BCUT2D eigenvalue weighted by atomic mass is 16.6. The van der Waals surface area contributed by atoms with Crippen molar-refractivity contribution in [2.24, 2.45) is 11.8 Å². The third kappa shape index (κ3) is 2.22. The number of piperazine rings is 1. The molecule has 3 saturated heterocycles. The topological polar surface area (TPSA) is 145 Å². The number of carbonyl (C=O) groups is 6. The van der Waals surface area contributed by atoms with Gasteiger partial charge in [0.05, 0.1) is 24.7 Å². The van der Waals surface area contributed by atoms with Crippen molar-refractivity contribution in [1.29, 1.82) is 0 Å². The van der Waals surface area contributed by atoms with Crippen LogP contribution in [0, 0.1) is 11.8 Å². The predicted molar refractivity (Wildman–Crippen MR) is 62.3 cm³/mol. The van der Waals surface area contributed by atoms with Gasteiger partial charge in [-0.3, -0.25) is 28.8 Å². The zero-order valence-corrected chi connectivity index (χ0v) is 11.0. The standard InChI is InChI=1S/C12H10N2O8/c15-5-1-3(11(19)21-5)7-9(17)14-8(10(18)13-7)4-2-6(16)22-12(4)20/h3-4,7-8H,1-2H2,(H,13,18)(H,14,17). The van der Waals surface area contributed by atoms with Crippen molar-refractivity contribution >= 4 is 35.7 Å². The van der Waals surface area contributed by atoms with Gasteiger partial charge in [0.2, 0.25) is 11.8 Å². The van der Waals surface area contributed by atoms with Gasteiger partial charge in [0.1, 0.15) is 12.1 Å². The minimum atomic E-state index is -1.25. The van der Waals surface area contributed by atoms with Crippen molar-refractivity contribution in [3.05, 3.63) is 0 Å². The lowest BCUT2D eigenvalue weighted by atomic mass is 9.90. The molecule has 3 heterocycles. The molecule has 0 aromatic rings. The Morgan fingerprint density at radius 2 is 1.05 bits per heavy atom. The summed E-state index contributed by atoms with van der Waals surface area (Å²) >= 11 is 0. The normalized spacial score (nSPS) is 35.1. The molecule has 2 N–H and O–H groups in total. The van der Waals surface area contributed by atoms with E-state index in [0.29, 0.717) is 0 Å². The molecule has 3 aliphatic heterocycles. The summed E-state index contributed by atoms with van der Waals surface area (Å²) in [5, 5.41) is 4.60. The van der Waals surface area contributed by atoms with Crippen LogP contribution in [0.3, 0.4) is 0 Å².